The molecule has 0 amide bonds. The van der Waals surface area contributed by atoms with Crippen LogP contribution >= 0.6 is 0 Å². The number of hydrogen-bond donors (Lipinski definition) is 1. The summed E-state index contributed by atoms with van der Waals surface area (Å²) in [4.78, 5) is 4.14. The van der Waals surface area contributed by atoms with Crippen LogP contribution in [-0.4, -0.2) is 4.98 Å². The van der Waals surface area contributed by atoms with Gasteiger partial charge in [-0.3, -0.25) is 4.98 Å². The summed E-state index contributed by atoms with van der Waals surface area (Å²) in [6.07, 6.45) is 3.69. The maximum absolute atomic E-state index is 4.14. The van der Waals surface area contributed by atoms with E-state index < -0.39 is 0 Å². The molecule has 1 heterocycles. The van der Waals surface area contributed by atoms with Crippen molar-refractivity contribution in [1.29, 1.82) is 0 Å². The Bertz CT molecular complexity index is 536. The first kappa shape index (κ1) is 13.6. The molecule has 0 saturated heterocycles. The summed E-state index contributed by atoms with van der Waals surface area (Å²) in [6, 6.07) is 10.8. The van der Waals surface area contributed by atoms with Crippen LogP contribution in [0.15, 0.2) is 42.7 Å². The summed E-state index contributed by atoms with van der Waals surface area (Å²) < 4.78 is 0. The third-order valence-electron chi connectivity index (χ3n) is 3.34. The first-order valence-electron chi connectivity index (χ1n) is 6.71. The number of benzene rings is 1. The smallest absolute Gasteiger partial charge is 0.0559 e. The summed E-state index contributed by atoms with van der Waals surface area (Å²) in [7, 11) is 0. The molecular weight excluding hydrogens is 232 g/mol. The number of aromatic nitrogens is 1. The van der Waals surface area contributed by atoms with Crippen molar-refractivity contribution in [1.82, 2.24) is 4.98 Å². The number of hydrogen-bond acceptors (Lipinski definition) is 2. The van der Waals surface area contributed by atoms with Crippen molar-refractivity contribution in [2.45, 2.75) is 39.7 Å². The number of nitrogens with one attached hydrogen (secondary N) is 1. The fourth-order valence-corrected chi connectivity index (χ4v) is 1.97. The summed E-state index contributed by atoms with van der Waals surface area (Å²) in [5.41, 5.74) is 5.19. The number of rotatable bonds is 3. The monoisotopic (exact) mass is 254 g/mol. The molecule has 1 aromatic carbocycles. The number of pyridine rings is 1. The van der Waals surface area contributed by atoms with Gasteiger partial charge in [-0.1, -0.05) is 45.0 Å². The lowest BCUT2D eigenvalue weighted by molar-refractivity contribution is 0.590. The van der Waals surface area contributed by atoms with Gasteiger partial charge in [0.25, 0.3) is 0 Å². The second kappa shape index (κ2) is 5.43. The minimum Gasteiger partial charge on any atom is -0.380 e. The molecule has 19 heavy (non-hydrogen) atoms. The molecule has 0 bridgehead atoms. The predicted octanol–water partition coefficient (Wildman–Crippen LogP) is 4.30. The number of anilines is 1. The summed E-state index contributed by atoms with van der Waals surface area (Å²) in [5, 5.41) is 3.42. The third kappa shape index (κ3) is 3.57. The Hall–Kier alpha value is -1.83. The normalized spacial score (nSPS) is 11.4. The van der Waals surface area contributed by atoms with Gasteiger partial charge in [-0.2, -0.15) is 0 Å². The molecule has 0 aliphatic carbocycles. The van der Waals surface area contributed by atoms with E-state index in [0.717, 1.165) is 12.2 Å². The first-order valence-corrected chi connectivity index (χ1v) is 6.71. The van der Waals surface area contributed by atoms with Crippen LogP contribution < -0.4 is 5.32 Å². The van der Waals surface area contributed by atoms with Crippen molar-refractivity contribution in [2.75, 3.05) is 5.32 Å². The topological polar surface area (TPSA) is 24.9 Å². The minimum absolute atomic E-state index is 0.214. The fourth-order valence-electron chi connectivity index (χ4n) is 1.97. The average molecular weight is 254 g/mol. The highest BCUT2D eigenvalue weighted by Gasteiger charge is 2.12. The second-order valence-corrected chi connectivity index (χ2v) is 5.99. The highest BCUT2D eigenvalue weighted by Crippen LogP contribution is 2.22. The van der Waals surface area contributed by atoms with Gasteiger partial charge in [0.2, 0.25) is 0 Å². The van der Waals surface area contributed by atoms with Crippen LogP contribution in [0.5, 0.6) is 0 Å². The van der Waals surface area contributed by atoms with E-state index in [1.165, 1.54) is 16.7 Å². The molecule has 2 aromatic rings. The Labute approximate surface area is 115 Å². The van der Waals surface area contributed by atoms with Gasteiger partial charge in [-0.05, 0) is 35.1 Å². The van der Waals surface area contributed by atoms with Gasteiger partial charge in [-0.15, -0.1) is 0 Å². The Kier molecular flexibility index (Phi) is 3.89. The van der Waals surface area contributed by atoms with E-state index in [9.17, 15) is 0 Å². The Morgan fingerprint density at radius 2 is 1.74 bits per heavy atom. The quantitative estimate of drug-likeness (QED) is 0.883. The van der Waals surface area contributed by atoms with Gasteiger partial charge >= 0.3 is 0 Å². The van der Waals surface area contributed by atoms with Crippen molar-refractivity contribution in [3.8, 4) is 0 Å². The summed E-state index contributed by atoms with van der Waals surface area (Å²) >= 11 is 0. The Balaban J connectivity index is 2.03. The lowest BCUT2D eigenvalue weighted by Gasteiger charge is -2.19. The lowest BCUT2D eigenvalue weighted by Crippen LogP contribution is -2.11. The molecule has 0 atom stereocenters. The van der Waals surface area contributed by atoms with Crippen LogP contribution in [0.3, 0.4) is 0 Å². The zero-order chi connectivity index (χ0) is 13.9. The zero-order valence-electron chi connectivity index (χ0n) is 12.2. The molecule has 0 radical (unpaired) electrons. The van der Waals surface area contributed by atoms with Gasteiger partial charge in [0.15, 0.2) is 0 Å². The molecule has 2 heteroatoms. The van der Waals surface area contributed by atoms with Crippen LogP contribution in [0.1, 0.15) is 37.5 Å². The SMILES string of the molecule is Cc1ccncc1NCc1ccc(C(C)(C)C)cc1. The van der Waals surface area contributed by atoms with E-state index in [1.807, 2.05) is 18.5 Å². The van der Waals surface area contributed by atoms with Crippen LogP contribution in [0, 0.1) is 6.92 Å². The highest BCUT2D eigenvalue weighted by molar-refractivity contribution is 5.48. The van der Waals surface area contributed by atoms with Crippen molar-refractivity contribution >= 4 is 5.69 Å². The van der Waals surface area contributed by atoms with E-state index in [-0.39, 0.29) is 5.41 Å². The van der Waals surface area contributed by atoms with Gasteiger partial charge < -0.3 is 5.32 Å². The molecule has 100 valence electrons. The van der Waals surface area contributed by atoms with E-state index in [2.05, 4.69) is 62.3 Å². The van der Waals surface area contributed by atoms with Gasteiger partial charge in [0.05, 0.1) is 11.9 Å². The van der Waals surface area contributed by atoms with E-state index in [0.29, 0.717) is 0 Å². The van der Waals surface area contributed by atoms with Crippen LogP contribution in [0.4, 0.5) is 5.69 Å². The molecule has 0 fully saturated rings. The van der Waals surface area contributed by atoms with Gasteiger partial charge in [-0.25, -0.2) is 0 Å². The van der Waals surface area contributed by atoms with Crippen molar-refractivity contribution < 1.29 is 0 Å². The second-order valence-electron chi connectivity index (χ2n) is 5.99. The summed E-state index contributed by atoms with van der Waals surface area (Å²) in [6.45, 7) is 9.63. The van der Waals surface area contributed by atoms with Crippen molar-refractivity contribution in [2.24, 2.45) is 0 Å². The van der Waals surface area contributed by atoms with Crippen LogP contribution in [0.25, 0.3) is 0 Å². The maximum Gasteiger partial charge on any atom is 0.0559 e. The number of aryl methyl sites for hydroxylation is 1. The maximum atomic E-state index is 4.14. The van der Waals surface area contributed by atoms with Crippen LogP contribution in [-0.2, 0) is 12.0 Å². The summed E-state index contributed by atoms with van der Waals surface area (Å²) in [5.74, 6) is 0. The molecule has 1 N–H and O–H groups in total. The minimum atomic E-state index is 0.214. The molecule has 0 aliphatic heterocycles. The highest BCUT2D eigenvalue weighted by atomic mass is 14.9. The Morgan fingerprint density at radius 1 is 1.05 bits per heavy atom. The predicted molar refractivity (Wildman–Crippen MR) is 81.4 cm³/mol. The standard InChI is InChI=1S/C17H22N2/c1-13-9-10-18-12-16(13)19-11-14-5-7-15(8-6-14)17(2,3)4/h5-10,12,19H,11H2,1-4H3. The molecule has 2 rings (SSSR count). The van der Waals surface area contributed by atoms with E-state index in [1.54, 1.807) is 0 Å². The molecule has 0 unspecified atom stereocenters. The van der Waals surface area contributed by atoms with Gasteiger partial charge in [0.1, 0.15) is 0 Å². The molecular formula is C17H22N2. The first-order chi connectivity index (χ1) is 8.97. The van der Waals surface area contributed by atoms with Crippen molar-refractivity contribution in [3.05, 3.63) is 59.4 Å². The molecule has 0 aliphatic rings. The largest absolute Gasteiger partial charge is 0.380 e. The van der Waals surface area contributed by atoms with E-state index >= 15 is 0 Å². The third-order valence-corrected chi connectivity index (χ3v) is 3.34. The van der Waals surface area contributed by atoms with Gasteiger partial charge in [0, 0.05) is 12.7 Å². The molecule has 0 spiro atoms. The fraction of sp³-hybridized carbons (Fsp3) is 0.353. The Morgan fingerprint density at radius 3 is 2.32 bits per heavy atom. The molecule has 0 saturated carbocycles. The molecule has 1 aromatic heterocycles. The van der Waals surface area contributed by atoms with Crippen molar-refractivity contribution in [3.63, 3.8) is 0 Å². The number of nitrogens with zero attached hydrogens (tertiary/aromatic N) is 1. The zero-order valence-corrected chi connectivity index (χ0v) is 12.2. The molecule has 2 nitrogen and oxygen atoms in total. The van der Waals surface area contributed by atoms with E-state index in [4.69, 9.17) is 0 Å². The average Bonchev–Trinajstić information content (AvgIpc) is 2.37. The van der Waals surface area contributed by atoms with Crippen LogP contribution in [0.2, 0.25) is 0 Å². The lowest BCUT2D eigenvalue weighted by atomic mass is 9.87.